The number of rotatable bonds is 10. The first-order valence-electron chi connectivity index (χ1n) is 7.76. The van der Waals surface area contributed by atoms with Crippen molar-refractivity contribution in [2.45, 2.75) is 46.5 Å². The molecule has 0 fully saturated rings. The number of hydrogen-bond acceptors (Lipinski definition) is 5. The topological polar surface area (TPSA) is 72.5 Å². The number of amidine groups is 1. The molecule has 22 heavy (non-hydrogen) atoms. The Morgan fingerprint density at radius 3 is 2.77 bits per heavy atom. The third-order valence-electron chi connectivity index (χ3n) is 3.63. The van der Waals surface area contributed by atoms with E-state index in [9.17, 15) is 0 Å². The van der Waals surface area contributed by atoms with Crippen LogP contribution in [0.25, 0.3) is 0 Å². The summed E-state index contributed by atoms with van der Waals surface area (Å²) in [5.74, 6) is 0.466. The summed E-state index contributed by atoms with van der Waals surface area (Å²) in [5, 5.41) is 4.05. The largest absolute Gasteiger partial charge is 0.382 e. The molecule has 0 saturated heterocycles. The molecule has 0 atom stereocenters. The molecule has 6 heteroatoms. The van der Waals surface area contributed by atoms with Gasteiger partial charge in [-0.2, -0.15) is 5.10 Å². The van der Waals surface area contributed by atoms with Gasteiger partial charge in [-0.25, -0.2) is 0 Å². The summed E-state index contributed by atoms with van der Waals surface area (Å²) < 4.78 is 4.86. The van der Waals surface area contributed by atoms with Crippen LogP contribution in [0, 0.1) is 5.41 Å². The van der Waals surface area contributed by atoms with Crippen LogP contribution in [0.2, 0.25) is 0 Å². The Balaban J connectivity index is 2.45. The molecule has 1 aromatic rings. The van der Waals surface area contributed by atoms with Gasteiger partial charge >= 0.3 is 0 Å². The molecule has 0 radical (unpaired) electrons. The molecule has 0 aliphatic carbocycles. The summed E-state index contributed by atoms with van der Waals surface area (Å²) in [6.07, 6.45) is 6.01. The van der Waals surface area contributed by atoms with Crippen molar-refractivity contribution in [1.29, 1.82) is 0 Å². The van der Waals surface area contributed by atoms with Crippen LogP contribution < -0.4 is 11.2 Å². The average molecular weight is 324 g/mol. The van der Waals surface area contributed by atoms with Crippen LogP contribution in [0.3, 0.4) is 0 Å². The van der Waals surface area contributed by atoms with Gasteiger partial charge in [0.15, 0.2) is 5.84 Å². The first-order valence-corrected chi connectivity index (χ1v) is 8.12. The fourth-order valence-corrected chi connectivity index (χ4v) is 2.24. The SMILES string of the molecule is CCN/N=C(\N)c1ccc(CCCC(C)(C)CCOS)nc1. The second-order valence-corrected chi connectivity index (χ2v) is 6.41. The fraction of sp³-hybridized carbons (Fsp3) is 0.625. The molecular formula is C16H28N4OS. The minimum atomic E-state index is 0.269. The zero-order valence-corrected chi connectivity index (χ0v) is 14.7. The average Bonchev–Trinajstić information content (AvgIpc) is 2.51. The molecule has 0 aromatic carbocycles. The highest BCUT2D eigenvalue weighted by Crippen LogP contribution is 2.27. The number of nitrogens with zero attached hydrogens (tertiary/aromatic N) is 2. The van der Waals surface area contributed by atoms with Crippen molar-refractivity contribution in [3.63, 3.8) is 0 Å². The van der Waals surface area contributed by atoms with E-state index in [1.807, 2.05) is 19.1 Å². The molecular weight excluding hydrogens is 296 g/mol. The molecule has 3 N–H and O–H groups in total. The quantitative estimate of drug-likeness (QED) is 0.203. The predicted octanol–water partition coefficient (Wildman–Crippen LogP) is 2.91. The Morgan fingerprint density at radius 2 is 2.18 bits per heavy atom. The van der Waals surface area contributed by atoms with E-state index >= 15 is 0 Å². The lowest BCUT2D eigenvalue weighted by Gasteiger charge is -2.23. The van der Waals surface area contributed by atoms with Gasteiger partial charge < -0.3 is 15.3 Å². The standard InChI is InChI=1S/C16H28N4OS/c1-4-19-20-15(17)13-7-8-14(18-12-13)6-5-9-16(2,3)10-11-21-22/h7-8,12,19,22H,4-6,9-11H2,1-3H3,(H2,17,20). The zero-order chi connectivity index (χ0) is 16.4. The monoisotopic (exact) mass is 324 g/mol. The lowest BCUT2D eigenvalue weighted by atomic mass is 9.84. The van der Waals surface area contributed by atoms with Gasteiger partial charge in [-0.1, -0.05) is 13.8 Å². The third kappa shape index (κ3) is 7.13. The number of thiol groups is 1. The van der Waals surface area contributed by atoms with Crippen molar-refractivity contribution in [3.8, 4) is 0 Å². The van der Waals surface area contributed by atoms with Gasteiger partial charge in [0.25, 0.3) is 0 Å². The number of hydrazone groups is 1. The van der Waals surface area contributed by atoms with Crippen LogP contribution in [0.5, 0.6) is 0 Å². The lowest BCUT2D eigenvalue weighted by molar-refractivity contribution is 0.235. The first-order chi connectivity index (χ1) is 10.5. The van der Waals surface area contributed by atoms with Crippen molar-refractivity contribution >= 4 is 18.7 Å². The van der Waals surface area contributed by atoms with Crippen molar-refractivity contribution in [1.82, 2.24) is 10.4 Å². The highest BCUT2D eigenvalue weighted by Gasteiger charge is 2.17. The summed E-state index contributed by atoms with van der Waals surface area (Å²) in [7, 11) is 0. The van der Waals surface area contributed by atoms with E-state index in [1.54, 1.807) is 6.20 Å². The van der Waals surface area contributed by atoms with Crippen molar-refractivity contribution < 1.29 is 4.18 Å². The minimum absolute atomic E-state index is 0.269. The van der Waals surface area contributed by atoms with E-state index in [2.05, 4.69) is 42.3 Å². The van der Waals surface area contributed by atoms with E-state index in [0.29, 0.717) is 12.4 Å². The number of nitrogens with one attached hydrogen (secondary N) is 1. The maximum absolute atomic E-state index is 5.86. The lowest BCUT2D eigenvalue weighted by Crippen LogP contribution is -2.19. The first kappa shape index (κ1) is 18.8. The normalized spacial score (nSPS) is 12.5. The van der Waals surface area contributed by atoms with Crippen LogP contribution in [-0.4, -0.2) is 24.0 Å². The molecule has 5 nitrogen and oxygen atoms in total. The van der Waals surface area contributed by atoms with Gasteiger partial charge in [0.1, 0.15) is 0 Å². The maximum Gasteiger partial charge on any atom is 0.152 e. The summed E-state index contributed by atoms with van der Waals surface area (Å²) in [6, 6.07) is 3.99. The molecule has 124 valence electrons. The molecule has 1 aromatic heterocycles. The summed E-state index contributed by atoms with van der Waals surface area (Å²) >= 11 is 3.79. The number of pyridine rings is 1. The van der Waals surface area contributed by atoms with Crippen LogP contribution in [0.1, 0.15) is 51.3 Å². The van der Waals surface area contributed by atoms with Gasteiger partial charge in [-0.15, -0.1) is 0 Å². The van der Waals surface area contributed by atoms with E-state index < -0.39 is 0 Å². The molecule has 0 aliphatic heterocycles. The smallest absolute Gasteiger partial charge is 0.152 e. The molecule has 0 amide bonds. The highest BCUT2D eigenvalue weighted by molar-refractivity contribution is 7.75. The minimum Gasteiger partial charge on any atom is -0.382 e. The van der Waals surface area contributed by atoms with Crippen LogP contribution in [0.4, 0.5) is 0 Å². The van der Waals surface area contributed by atoms with Gasteiger partial charge in [-0.05, 0) is 63.1 Å². The van der Waals surface area contributed by atoms with Crippen molar-refractivity contribution in [3.05, 3.63) is 29.6 Å². The Kier molecular flexibility index (Phi) is 8.27. The van der Waals surface area contributed by atoms with Crippen molar-refractivity contribution in [2.75, 3.05) is 13.2 Å². The van der Waals surface area contributed by atoms with Crippen LogP contribution >= 0.6 is 12.9 Å². The van der Waals surface area contributed by atoms with Gasteiger partial charge in [-0.3, -0.25) is 4.98 Å². The molecule has 0 spiro atoms. The van der Waals surface area contributed by atoms with Crippen LogP contribution in [0.15, 0.2) is 23.4 Å². The Hall–Kier alpha value is -1.27. The molecule has 0 unspecified atom stereocenters. The number of aryl methyl sites for hydroxylation is 1. The Labute approximate surface area is 139 Å². The van der Waals surface area contributed by atoms with E-state index in [-0.39, 0.29) is 5.41 Å². The maximum atomic E-state index is 5.86. The van der Waals surface area contributed by atoms with Crippen molar-refractivity contribution in [2.24, 2.45) is 16.3 Å². The van der Waals surface area contributed by atoms with Crippen LogP contribution in [-0.2, 0) is 10.6 Å². The molecule has 0 aliphatic rings. The number of aromatic nitrogens is 1. The number of nitrogens with two attached hydrogens (primary N) is 1. The second kappa shape index (κ2) is 9.69. The molecule has 1 rings (SSSR count). The predicted molar refractivity (Wildman–Crippen MR) is 94.9 cm³/mol. The summed E-state index contributed by atoms with van der Waals surface area (Å²) in [5.41, 5.74) is 10.9. The molecule has 0 saturated carbocycles. The van der Waals surface area contributed by atoms with E-state index in [4.69, 9.17) is 9.92 Å². The van der Waals surface area contributed by atoms with Gasteiger partial charge in [0.05, 0.1) is 6.61 Å². The van der Waals surface area contributed by atoms with Gasteiger partial charge in [0.2, 0.25) is 0 Å². The highest BCUT2D eigenvalue weighted by atomic mass is 32.1. The summed E-state index contributed by atoms with van der Waals surface area (Å²) in [4.78, 5) is 4.46. The second-order valence-electron chi connectivity index (χ2n) is 6.15. The fourth-order valence-electron chi connectivity index (χ4n) is 2.15. The van der Waals surface area contributed by atoms with Gasteiger partial charge in [0, 0.05) is 24.0 Å². The molecule has 0 bridgehead atoms. The third-order valence-corrected chi connectivity index (χ3v) is 3.82. The Morgan fingerprint density at radius 1 is 1.41 bits per heavy atom. The van der Waals surface area contributed by atoms with E-state index in [0.717, 1.165) is 43.5 Å². The van der Waals surface area contributed by atoms with E-state index in [1.165, 1.54) is 0 Å². The zero-order valence-electron chi connectivity index (χ0n) is 13.8. The summed E-state index contributed by atoms with van der Waals surface area (Å²) in [6.45, 7) is 7.93. The molecule has 1 heterocycles. The Bertz CT molecular complexity index is 460. The number of hydrogen-bond donors (Lipinski definition) is 3.